The number of carbonyl (C=O) groups is 1. The minimum absolute atomic E-state index is 0.00664. The summed E-state index contributed by atoms with van der Waals surface area (Å²) in [5.74, 6) is 0.996. The molecule has 1 aromatic rings. The van der Waals surface area contributed by atoms with Crippen molar-refractivity contribution in [2.75, 3.05) is 27.3 Å². The maximum atomic E-state index is 13.5. The second-order valence-electron chi connectivity index (χ2n) is 13.1. The Morgan fingerprint density at radius 2 is 1.92 bits per heavy atom. The van der Waals surface area contributed by atoms with Crippen LogP contribution in [0.25, 0.3) is 0 Å². The SMILES string of the molecule is CCN1C[C@]2(C)CC[C@H](OC(=O)c3ccccc3)[C@]34C1[C@H](C[C@H]23)[C@@]1(O)C[C@H](OC)[C@H]2C[C@@H]4[C@@H]1[C@H]2OC. The van der Waals surface area contributed by atoms with Gasteiger partial charge in [0.15, 0.2) is 0 Å². The van der Waals surface area contributed by atoms with Crippen molar-refractivity contribution in [3.05, 3.63) is 35.9 Å². The first kappa shape index (κ1) is 23.6. The molecule has 6 aliphatic rings. The molecule has 7 bridgehead atoms. The summed E-state index contributed by atoms with van der Waals surface area (Å²) in [6, 6.07) is 9.69. The largest absolute Gasteiger partial charge is 0.458 e. The number of rotatable bonds is 5. The van der Waals surface area contributed by atoms with Crippen LogP contribution in [0.3, 0.4) is 0 Å². The number of hydrogen-bond donors (Lipinski definition) is 1. The van der Waals surface area contributed by atoms with Gasteiger partial charge in [0.2, 0.25) is 0 Å². The molecule has 6 fully saturated rings. The van der Waals surface area contributed by atoms with E-state index in [1.54, 1.807) is 7.11 Å². The zero-order valence-corrected chi connectivity index (χ0v) is 22.1. The summed E-state index contributed by atoms with van der Waals surface area (Å²) in [5.41, 5.74) is -0.158. The predicted octanol–water partition coefficient (Wildman–Crippen LogP) is 3.77. The molecular formula is C30H41NO5. The maximum Gasteiger partial charge on any atom is 0.338 e. The molecule has 1 N–H and O–H groups in total. The van der Waals surface area contributed by atoms with Crippen molar-refractivity contribution in [1.82, 2.24) is 4.90 Å². The molecular weight excluding hydrogens is 454 g/mol. The van der Waals surface area contributed by atoms with Gasteiger partial charge in [0, 0.05) is 56.4 Å². The molecule has 1 saturated heterocycles. The smallest absolute Gasteiger partial charge is 0.338 e. The first-order chi connectivity index (χ1) is 17.3. The second-order valence-corrected chi connectivity index (χ2v) is 13.1. The highest BCUT2D eigenvalue weighted by Crippen LogP contribution is 2.79. The van der Waals surface area contributed by atoms with E-state index in [4.69, 9.17) is 14.2 Å². The fourth-order valence-corrected chi connectivity index (χ4v) is 11.3. The van der Waals surface area contributed by atoms with Crippen molar-refractivity contribution < 1.29 is 24.1 Å². The predicted molar refractivity (Wildman–Crippen MR) is 134 cm³/mol. The van der Waals surface area contributed by atoms with Crippen LogP contribution in [-0.2, 0) is 14.2 Å². The summed E-state index contributed by atoms with van der Waals surface area (Å²) in [4.78, 5) is 16.1. The molecule has 0 radical (unpaired) electrons. The van der Waals surface area contributed by atoms with Crippen molar-refractivity contribution in [2.24, 2.45) is 40.4 Å². The standard InChI is InChI=1S/C30H41NO5/c1-5-31-16-28(2)12-11-23(36-27(32)17-9-7-6-8-10-17)30-19-13-18-21(34-3)15-29(33,24(19)25(18)35-4)20(26(30)31)14-22(28)30/h6-10,18-26,33H,5,11-16H2,1-4H3/t18-,19-,20+,21+,22-,23+,24-,25+,26?,28+,29+,30-/m1/s1. The molecule has 196 valence electrons. The highest BCUT2D eigenvalue weighted by molar-refractivity contribution is 5.89. The summed E-state index contributed by atoms with van der Waals surface area (Å²) in [7, 11) is 3.60. The van der Waals surface area contributed by atoms with Gasteiger partial charge in [-0.3, -0.25) is 4.90 Å². The topological polar surface area (TPSA) is 68.2 Å². The van der Waals surface area contributed by atoms with Gasteiger partial charge in [-0.15, -0.1) is 0 Å². The summed E-state index contributed by atoms with van der Waals surface area (Å²) >= 11 is 0. The van der Waals surface area contributed by atoms with E-state index in [1.807, 2.05) is 37.4 Å². The number of nitrogens with zero attached hydrogens (tertiary/aromatic N) is 1. The Kier molecular flexibility index (Phi) is 5.11. The van der Waals surface area contributed by atoms with Crippen LogP contribution in [0.15, 0.2) is 30.3 Å². The van der Waals surface area contributed by atoms with E-state index in [0.717, 1.165) is 38.8 Å². The third-order valence-corrected chi connectivity index (χ3v) is 12.2. The zero-order chi connectivity index (χ0) is 25.0. The highest BCUT2D eigenvalue weighted by Gasteiger charge is 2.83. The molecule has 1 heterocycles. The molecule has 7 rings (SSSR count). The van der Waals surface area contributed by atoms with Crippen molar-refractivity contribution in [3.63, 3.8) is 0 Å². The lowest BCUT2D eigenvalue weighted by molar-refractivity contribution is -0.268. The van der Waals surface area contributed by atoms with E-state index in [1.165, 1.54) is 0 Å². The minimum Gasteiger partial charge on any atom is -0.458 e. The number of aliphatic hydroxyl groups is 1. The lowest BCUT2D eigenvalue weighted by atomic mass is 9.43. The van der Waals surface area contributed by atoms with Gasteiger partial charge in [-0.2, -0.15) is 0 Å². The Hall–Kier alpha value is -1.47. The van der Waals surface area contributed by atoms with Crippen molar-refractivity contribution >= 4 is 5.97 Å². The fraction of sp³-hybridized carbons (Fsp3) is 0.767. The van der Waals surface area contributed by atoms with Crippen LogP contribution in [0, 0.1) is 40.4 Å². The Morgan fingerprint density at radius 1 is 1.14 bits per heavy atom. The quantitative estimate of drug-likeness (QED) is 0.628. The molecule has 0 amide bonds. The number of benzene rings is 1. The molecule has 0 aromatic heterocycles. The van der Waals surface area contributed by atoms with Crippen LogP contribution in [0.2, 0.25) is 0 Å². The second kappa shape index (κ2) is 7.78. The van der Waals surface area contributed by atoms with Crippen LogP contribution in [0.5, 0.6) is 0 Å². The van der Waals surface area contributed by atoms with Gasteiger partial charge < -0.3 is 19.3 Å². The normalized spacial score (nSPS) is 52.3. The number of piperidine rings is 1. The highest BCUT2D eigenvalue weighted by atomic mass is 16.5. The number of hydrogen-bond acceptors (Lipinski definition) is 6. The summed E-state index contributed by atoms with van der Waals surface area (Å²) in [6.07, 6.45) is 4.52. The Labute approximate surface area is 214 Å². The van der Waals surface area contributed by atoms with E-state index in [9.17, 15) is 9.90 Å². The Bertz CT molecular complexity index is 1050. The summed E-state index contributed by atoms with van der Waals surface area (Å²) in [5, 5.41) is 12.7. The number of likely N-dealkylation sites (tertiary alicyclic amines) is 1. The van der Waals surface area contributed by atoms with Crippen molar-refractivity contribution in [1.29, 1.82) is 0 Å². The molecule has 6 heteroatoms. The Balaban J connectivity index is 1.39. The third kappa shape index (κ3) is 2.65. The van der Waals surface area contributed by atoms with Gasteiger partial charge >= 0.3 is 5.97 Å². The van der Waals surface area contributed by atoms with Gasteiger partial charge in [-0.05, 0) is 61.6 Å². The van der Waals surface area contributed by atoms with Gasteiger partial charge in [-0.1, -0.05) is 32.0 Å². The average molecular weight is 496 g/mol. The molecule has 6 nitrogen and oxygen atoms in total. The van der Waals surface area contributed by atoms with Crippen LogP contribution in [-0.4, -0.2) is 73.2 Å². The third-order valence-electron chi connectivity index (χ3n) is 12.2. The van der Waals surface area contributed by atoms with Gasteiger partial charge in [0.05, 0.1) is 23.4 Å². The average Bonchev–Trinajstić information content (AvgIpc) is 3.37. The van der Waals surface area contributed by atoms with Crippen LogP contribution in [0.4, 0.5) is 0 Å². The molecule has 1 aromatic carbocycles. The van der Waals surface area contributed by atoms with E-state index >= 15 is 0 Å². The van der Waals surface area contributed by atoms with Crippen LogP contribution >= 0.6 is 0 Å². The lowest BCUT2D eigenvalue weighted by Crippen LogP contribution is -2.76. The Morgan fingerprint density at radius 3 is 2.61 bits per heavy atom. The molecule has 5 saturated carbocycles. The molecule has 5 aliphatic carbocycles. The molecule has 12 atom stereocenters. The fourth-order valence-electron chi connectivity index (χ4n) is 11.3. The van der Waals surface area contributed by atoms with Crippen LogP contribution < -0.4 is 0 Å². The summed E-state index contributed by atoms with van der Waals surface area (Å²) < 4.78 is 18.8. The van der Waals surface area contributed by atoms with Gasteiger partial charge in [0.25, 0.3) is 0 Å². The molecule has 36 heavy (non-hydrogen) atoms. The number of esters is 1. The number of methoxy groups -OCH3 is 2. The van der Waals surface area contributed by atoms with E-state index in [2.05, 4.69) is 18.7 Å². The van der Waals surface area contributed by atoms with E-state index in [-0.39, 0.29) is 64.8 Å². The van der Waals surface area contributed by atoms with Gasteiger partial charge in [-0.25, -0.2) is 4.79 Å². The van der Waals surface area contributed by atoms with Crippen LogP contribution in [0.1, 0.15) is 56.3 Å². The zero-order valence-electron chi connectivity index (χ0n) is 22.1. The molecule has 1 aliphatic heterocycles. The number of ether oxygens (including phenoxy) is 3. The monoisotopic (exact) mass is 495 g/mol. The minimum atomic E-state index is -0.807. The van der Waals surface area contributed by atoms with E-state index < -0.39 is 5.60 Å². The first-order valence-corrected chi connectivity index (χ1v) is 14.1. The lowest BCUT2D eigenvalue weighted by Gasteiger charge is -2.69. The van der Waals surface area contributed by atoms with Crippen molar-refractivity contribution in [2.45, 2.75) is 75.9 Å². The molecule has 1 unspecified atom stereocenters. The first-order valence-electron chi connectivity index (χ1n) is 14.1. The van der Waals surface area contributed by atoms with E-state index in [0.29, 0.717) is 17.9 Å². The number of fused-ring (bicyclic) bond motifs is 2. The maximum absolute atomic E-state index is 13.5. The van der Waals surface area contributed by atoms with Gasteiger partial charge in [0.1, 0.15) is 6.10 Å². The molecule has 1 spiro atoms. The van der Waals surface area contributed by atoms with Crippen molar-refractivity contribution in [3.8, 4) is 0 Å². The summed E-state index contributed by atoms with van der Waals surface area (Å²) in [6.45, 7) is 6.78. The number of carbonyl (C=O) groups excluding carboxylic acids is 1.